The van der Waals surface area contributed by atoms with Gasteiger partial charge in [0.15, 0.2) is 6.23 Å². The van der Waals surface area contributed by atoms with Crippen molar-refractivity contribution < 1.29 is 61.4 Å². The van der Waals surface area contributed by atoms with Gasteiger partial charge in [-0.15, -0.1) is 0 Å². The summed E-state index contributed by atoms with van der Waals surface area (Å²) < 4.78 is 51.7. The molecule has 0 aliphatic carbocycles. The number of aromatic nitrogens is 2. The van der Waals surface area contributed by atoms with Gasteiger partial charge >= 0.3 is 29.2 Å². The van der Waals surface area contributed by atoms with Crippen LogP contribution in [-0.2, 0) is 31.6 Å². The molecular weight excluding hydrogens is 507 g/mol. The molecule has 1 aliphatic rings. The van der Waals surface area contributed by atoms with E-state index in [9.17, 15) is 43.3 Å². The van der Waals surface area contributed by atoms with Crippen molar-refractivity contribution in [2.75, 3.05) is 13.2 Å². The van der Waals surface area contributed by atoms with Crippen molar-refractivity contribution in [2.45, 2.75) is 30.5 Å². The summed E-state index contributed by atoms with van der Waals surface area (Å²) in [6.07, 6.45) is -2.77. The Bertz CT molecular complexity index is 1110. The summed E-state index contributed by atoms with van der Waals surface area (Å²) in [5, 5.41) is 21.2. The number of hydrogen-bond donors (Lipinski definition) is 8. The molecule has 1 aromatic rings. The Kier molecular flexibility index (Phi) is 7.59. The second-order valence-electron chi connectivity index (χ2n) is 6.75. The average Bonchev–Trinajstić information content (AvgIpc) is 2.78. The Balaban J connectivity index is 2.28. The maximum atomic E-state index is 12.0. The normalized spacial score (nSPS) is 32.4. The van der Waals surface area contributed by atoms with Crippen molar-refractivity contribution in [3.05, 3.63) is 33.1 Å². The number of nitrogens with two attached hydrogens (primary N) is 1. The van der Waals surface area contributed by atoms with E-state index in [0.29, 0.717) is 4.57 Å². The van der Waals surface area contributed by atoms with E-state index in [-0.39, 0.29) is 0 Å². The Morgan fingerprint density at radius 3 is 2.28 bits per heavy atom. The van der Waals surface area contributed by atoms with Gasteiger partial charge in [0.05, 0.1) is 6.61 Å². The third kappa shape index (κ3) is 6.08. The van der Waals surface area contributed by atoms with Crippen LogP contribution in [0.4, 0.5) is 0 Å². The Morgan fingerprint density at radius 1 is 1.19 bits per heavy atom. The van der Waals surface area contributed by atoms with Gasteiger partial charge in [0.2, 0.25) is 0 Å². The fourth-order valence-corrected chi connectivity index (χ4v) is 5.93. The van der Waals surface area contributed by atoms with Crippen molar-refractivity contribution in [2.24, 2.45) is 5.73 Å². The summed E-state index contributed by atoms with van der Waals surface area (Å²) in [6, 6.07) is 0.904. The lowest BCUT2D eigenvalue weighted by atomic mass is 9.88. The van der Waals surface area contributed by atoms with Gasteiger partial charge in [-0.25, -0.2) is 18.5 Å². The second kappa shape index (κ2) is 8.94. The number of aliphatic hydroxyl groups excluding tert-OH is 1. The van der Waals surface area contributed by atoms with Crippen LogP contribution in [-0.4, -0.2) is 69.8 Å². The van der Waals surface area contributed by atoms with Crippen LogP contribution in [0, 0.1) is 0 Å². The number of phosphoric ester groups is 1. The number of aliphatic hydroxyl groups is 2. The Labute approximate surface area is 177 Å². The fourth-order valence-electron chi connectivity index (χ4n) is 2.85. The van der Waals surface area contributed by atoms with Crippen LogP contribution < -0.4 is 17.0 Å². The lowest BCUT2D eigenvalue weighted by molar-refractivity contribution is -0.125. The molecule has 0 aromatic carbocycles. The third-order valence-corrected chi connectivity index (χ3v) is 8.02. The minimum atomic E-state index is -5.80. The lowest BCUT2D eigenvalue weighted by Crippen LogP contribution is -2.55. The van der Waals surface area contributed by atoms with Crippen LogP contribution in [0.1, 0.15) is 13.2 Å². The summed E-state index contributed by atoms with van der Waals surface area (Å²) in [4.78, 5) is 61.0. The zero-order chi connectivity index (χ0) is 24.8. The monoisotopic (exact) mass is 527 g/mol. The van der Waals surface area contributed by atoms with Crippen LogP contribution >= 0.6 is 23.5 Å². The van der Waals surface area contributed by atoms with E-state index in [1.165, 1.54) is 0 Å². The van der Waals surface area contributed by atoms with Crippen molar-refractivity contribution >= 4 is 23.5 Å². The van der Waals surface area contributed by atoms with E-state index in [2.05, 4.69) is 13.1 Å². The number of hydrogen-bond acceptors (Lipinski definition) is 12. The van der Waals surface area contributed by atoms with Gasteiger partial charge in [0.25, 0.3) is 5.56 Å². The molecule has 0 bridgehead atoms. The molecule has 6 atom stereocenters. The fraction of sp³-hybridized carbons (Fsp3) is 0.636. The van der Waals surface area contributed by atoms with Gasteiger partial charge in [-0.3, -0.25) is 18.9 Å². The molecule has 9 N–H and O–H groups in total. The minimum Gasteiger partial charge on any atom is -0.387 e. The molecular formula is C11H20N3O15P3. The molecule has 1 aliphatic heterocycles. The molecule has 32 heavy (non-hydrogen) atoms. The van der Waals surface area contributed by atoms with Gasteiger partial charge in [-0.1, -0.05) is 0 Å². The predicted octanol–water partition coefficient (Wildman–Crippen LogP) is -2.78. The first kappa shape index (κ1) is 27.2. The highest BCUT2D eigenvalue weighted by atomic mass is 31.3. The van der Waals surface area contributed by atoms with Crippen LogP contribution in [0.15, 0.2) is 21.9 Å². The highest BCUT2D eigenvalue weighted by Crippen LogP contribution is 2.66. The largest absolute Gasteiger partial charge is 0.490 e. The molecule has 0 spiro atoms. The lowest BCUT2D eigenvalue weighted by Gasteiger charge is -2.32. The Morgan fingerprint density at radius 2 is 1.78 bits per heavy atom. The quantitative estimate of drug-likeness (QED) is 0.151. The number of H-pyrrole nitrogens is 1. The van der Waals surface area contributed by atoms with Crippen molar-refractivity contribution in [1.29, 1.82) is 0 Å². The molecule has 18 nitrogen and oxygen atoms in total. The van der Waals surface area contributed by atoms with Gasteiger partial charge in [0.1, 0.15) is 17.3 Å². The topological polar surface area (TPSA) is 290 Å². The van der Waals surface area contributed by atoms with Gasteiger partial charge in [0, 0.05) is 18.8 Å². The van der Waals surface area contributed by atoms with Crippen LogP contribution in [0.2, 0.25) is 0 Å². The molecule has 2 heterocycles. The molecule has 184 valence electrons. The van der Waals surface area contributed by atoms with E-state index >= 15 is 0 Å². The molecule has 6 unspecified atom stereocenters. The van der Waals surface area contributed by atoms with Crippen molar-refractivity contribution in [1.82, 2.24) is 9.55 Å². The number of nitrogens with one attached hydrogen (secondary N) is 1. The third-order valence-electron chi connectivity index (χ3n) is 4.24. The zero-order valence-electron chi connectivity index (χ0n) is 15.9. The smallest absolute Gasteiger partial charge is 0.387 e. The van der Waals surface area contributed by atoms with E-state index in [4.69, 9.17) is 20.3 Å². The standard InChI is InChI=1S/C11H20N3O15P3/c1-10(18)7(16)11(4-12,27-8(10)14-3-2-6(15)13-9(14)17)5-26-31(22,23)29-32(24,25)28-30(19,20)21/h2-3,7-8,16,18H,4-5,12H2,1H3,(H,22,23)(H,24,25)(H,13,15,17)(H2,19,20,21). The van der Waals surface area contributed by atoms with Gasteiger partial charge < -0.3 is 40.3 Å². The SMILES string of the molecule is CC1(O)C(n2ccc(=O)[nH]c2=O)OC(CN)(COP(=O)(O)OP(=O)(O)OP(=O)(O)O)C1O. The first-order valence-electron chi connectivity index (χ1n) is 8.22. The predicted molar refractivity (Wildman–Crippen MR) is 99.7 cm³/mol. The molecule has 0 amide bonds. The molecule has 2 rings (SSSR count). The van der Waals surface area contributed by atoms with Crippen molar-refractivity contribution in [3.63, 3.8) is 0 Å². The minimum absolute atomic E-state index is 0.687. The first-order chi connectivity index (χ1) is 14.3. The highest BCUT2D eigenvalue weighted by Gasteiger charge is 2.62. The van der Waals surface area contributed by atoms with Crippen LogP contribution in [0.5, 0.6) is 0 Å². The van der Waals surface area contributed by atoms with E-state index < -0.39 is 71.4 Å². The van der Waals surface area contributed by atoms with Crippen molar-refractivity contribution in [3.8, 4) is 0 Å². The number of ether oxygens (including phenoxy) is 1. The first-order valence-corrected chi connectivity index (χ1v) is 12.7. The molecule has 21 heteroatoms. The summed E-state index contributed by atoms with van der Waals surface area (Å²) in [5.41, 5.74) is -0.768. The summed E-state index contributed by atoms with van der Waals surface area (Å²) in [7, 11) is -17.0. The number of nitrogens with zero attached hydrogens (tertiary/aromatic N) is 1. The molecule has 1 fully saturated rings. The average molecular weight is 527 g/mol. The Hall–Kier alpha value is -1.07. The molecule has 1 aromatic heterocycles. The van der Waals surface area contributed by atoms with E-state index in [0.717, 1.165) is 19.2 Å². The molecule has 1 saturated heterocycles. The zero-order valence-corrected chi connectivity index (χ0v) is 18.6. The summed E-state index contributed by atoms with van der Waals surface area (Å²) in [5.74, 6) is 0. The van der Waals surface area contributed by atoms with Crippen LogP contribution in [0.3, 0.4) is 0 Å². The molecule has 0 saturated carbocycles. The molecule has 0 radical (unpaired) electrons. The maximum Gasteiger partial charge on any atom is 0.490 e. The number of phosphoric acid groups is 3. The van der Waals surface area contributed by atoms with Gasteiger partial charge in [-0.05, 0) is 6.92 Å². The number of rotatable bonds is 9. The second-order valence-corrected chi connectivity index (χ2v) is 11.2. The highest BCUT2D eigenvalue weighted by molar-refractivity contribution is 7.66. The van der Waals surface area contributed by atoms with Crippen LogP contribution in [0.25, 0.3) is 0 Å². The summed E-state index contributed by atoms with van der Waals surface area (Å²) in [6.45, 7) is -0.893. The summed E-state index contributed by atoms with van der Waals surface area (Å²) >= 11 is 0. The van der Waals surface area contributed by atoms with Gasteiger partial charge in [-0.2, -0.15) is 8.62 Å². The van der Waals surface area contributed by atoms with E-state index in [1.54, 1.807) is 0 Å². The van der Waals surface area contributed by atoms with E-state index in [1.807, 2.05) is 4.98 Å². The maximum absolute atomic E-state index is 12.0. The number of aromatic amines is 1.